The fourth-order valence-electron chi connectivity index (χ4n) is 3.95. The van der Waals surface area contributed by atoms with Crippen molar-refractivity contribution in [1.82, 2.24) is 9.88 Å². The Morgan fingerprint density at radius 1 is 1.07 bits per heavy atom. The minimum Gasteiger partial charge on any atom is -0.368 e. The lowest BCUT2D eigenvalue weighted by atomic mass is 9.98. The van der Waals surface area contributed by atoms with Gasteiger partial charge in [0.2, 0.25) is 0 Å². The van der Waals surface area contributed by atoms with E-state index in [-0.39, 0.29) is 23.4 Å². The topological polar surface area (TPSA) is 65.5 Å². The summed E-state index contributed by atoms with van der Waals surface area (Å²) in [5, 5.41) is 3.28. The average Bonchev–Trinajstić information content (AvgIpc) is 3.41. The number of urea groups is 1. The molecule has 1 saturated carbocycles. The average molecular weight is 407 g/mol. The second-order valence-electron chi connectivity index (χ2n) is 9.52. The van der Waals surface area contributed by atoms with E-state index in [1.54, 1.807) is 24.9 Å². The van der Waals surface area contributed by atoms with Crippen LogP contribution in [0.2, 0.25) is 0 Å². The summed E-state index contributed by atoms with van der Waals surface area (Å²) in [7, 11) is 0. The van der Waals surface area contributed by atoms with Gasteiger partial charge in [0, 0.05) is 18.8 Å². The van der Waals surface area contributed by atoms with Gasteiger partial charge in [-0.3, -0.25) is 4.79 Å². The third-order valence-electron chi connectivity index (χ3n) is 6.25. The molecule has 2 fully saturated rings. The maximum absolute atomic E-state index is 13.3. The van der Waals surface area contributed by atoms with Crippen LogP contribution in [0.3, 0.4) is 0 Å². The number of nitrogens with one attached hydrogen (secondary N) is 1. The summed E-state index contributed by atoms with van der Waals surface area (Å²) >= 11 is 0. The van der Waals surface area contributed by atoms with E-state index in [0.717, 1.165) is 11.4 Å². The second kappa shape index (κ2) is 7.11. The van der Waals surface area contributed by atoms with Crippen LogP contribution < -0.4 is 10.2 Å². The lowest BCUT2D eigenvalue weighted by Crippen LogP contribution is -2.43. The van der Waals surface area contributed by atoms with Crippen LogP contribution in [0.25, 0.3) is 0 Å². The summed E-state index contributed by atoms with van der Waals surface area (Å²) in [5.74, 6) is 0.562. The Hall–Kier alpha value is -2.89. The molecule has 6 heteroatoms. The molecular formula is C24H30N4O2. The van der Waals surface area contributed by atoms with E-state index < -0.39 is 5.54 Å². The van der Waals surface area contributed by atoms with Crippen molar-refractivity contribution in [2.75, 3.05) is 10.2 Å². The number of hydrogen-bond acceptors (Lipinski definition) is 4. The van der Waals surface area contributed by atoms with Crippen LogP contribution in [0.4, 0.5) is 16.3 Å². The largest absolute Gasteiger partial charge is 0.368 e. The monoisotopic (exact) mass is 406 g/mol. The van der Waals surface area contributed by atoms with Gasteiger partial charge in [-0.15, -0.1) is 0 Å². The van der Waals surface area contributed by atoms with E-state index in [4.69, 9.17) is 0 Å². The molecule has 1 N–H and O–H groups in total. The number of rotatable bonds is 6. The maximum atomic E-state index is 13.3. The molecule has 0 unspecified atom stereocenters. The van der Waals surface area contributed by atoms with Crippen molar-refractivity contribution in [3.8, 4) is 0 Å². The highest BCUT2D eigenvalue weighted by Gasteiger charge is 2.51. The predicted molar refractivity (Wildman–Crippen MR) is 119 cm³/mol. The molecule has 2 aliphatic rings. The van der Waals surface area contributed by atoms with E-state index in [0.29, 0.717) is 12.2 Å². The molecule has 6 nitrogen and oxygen atoms in total. The van der Waals surface area contributed by atoms with Gasteiger partial charge >= 0.3 is 6.03 Å². The summed E-state index contributed by atoms with van der Waals surface area (Å²) in [6.45, 7) is 10.3. The first-order valence-electron chi connectivity index (χ1n) is 10.6. The molecule has 4 rings (SSSR count). The lowest BCUT2D eigenvalue weighted by Gasteiger charge is -2.27. The molecule has 1 aromatic carbocycles. The van der Waals surface area contributed by atoms with Crippen molar-refractivity contribution < 1.29 is 9.59 Å². The van der Waals surface area contributed by atoms with Crippen molar-refractivity contribution in [2.45, 2.75) is 71.0 Å². The molecule has 158 valence electrons. The van der Waals surface area contributed by atoms with E-state index in [1.165, 1.54) is 23.3 Å². The third-order valence-corrected chi connectivity index (χ3v) is 6.25. The van der Waals surface area contributed by atoms with Gasteiger partial charge in [0.25, 0.3) is 5.91 Å². The molecule has 0 spiro atoms. The first kappa shape index (κ1) is 20.4. The number of imide groups is 1. The second-order valence-corrected chi connectivity index (χ2v) is 9.52. The zero-order valence-corrected chi connectivity index (χ0v) is 18.4. The fraction of sp³-hybridized carbons (Fsp3) is 0.458. The van der Waals surface area contributed by atoms with Crippen LogP contribution in [0.1, 0.15) is 58.6 Å². The van der Waals surface area contributed by atoms with Crippen LogP contribution >= 0.6 is 0 Å². The van der Waals surface area contributed by atoms with Gasteiger partial charge in [-0.2, -0.15) is 0 Å². The van der Waals surface area contributed by atoms with E-state index in [1.807, 2.05) is 50.2 Å². The molecule has 0 radical (unpaired) electrons. The highest BCUT2D eigenvalue weighted by Crippen LogP contribution is 2.48. The van der Waals surface area contributed by atoms with Crippen LogP contribution in [0.15, 0.2) is 42.6 Å². The minimum absolute atomic E-state index is 0.201. The number of aromatic nitrogens is 1. The van der Waals surface area contributed by atoms with Crippen LogP contribution in [-0.2, 0) is 16.8 Å². The number of carbonyl (C=O) groups excluding carboxylic acids is 2. The number of carbonyl (C=O) groups is 2. The first-order chi connectivity index (χ1) is 14.1. The van der Waals surface area contributed by atoms with Crippen molar-refractivity contribution in [1.29, 1.82) is 0 Å². The van der Waals surface area contributed by atoms with Crippen LogP contribution in [-0.4, -0.2) is 33.4 Å². The molecule has 2 heterocycles. The van der Waals surface area contributed by atoms with Crippen LogP contribution in [0, 0.1) is 0 Å². The summed E-state index contributed by atoms with van der Waals surface area (Å²) in [6, 6.07) is 11.7. The molecule has 2 aromatic rings. The standard InChI is InChI=1S/C24H30N4O2/c1-16(2)26-20-14-17(10-13-25-20)15-27-22(30)28(21(29)23(27,3)4)19-8-6-18(7-9-19)24(5)11-12-24/h6-10,13-14,16H,11-12,15H2,1-5H3,(H,25,26). The molecule has 3 amide bonds. The number of pyridine rings is 1. The van der Waals surface area contributed by atoms with Crippen LogP contribution in [0.5, 0.6) is 0 Å². The van der Waals surface area contributed by atoms with Gasteiger partial charge in [0.1, 0.15) is 11.4 Å². The summed E-state index contributed by atoms with van der Waals surface area (Å²) < 4.78 is 0. The number of benzene rings is 1. The predicted octanol–water partition coefficient (Wildman–Crippen LogP) is 4.70. The Balaban J connectivity index is 1.58. The number of amides is 3. The Bertz CT molecular complexity index is 977. The van der Waals surface area contributed by atoms with Gasteiger partial charge in [-0.25, -0.2) is 14.7 Å². The highest BCUT2D eigenvalue weighted by molar-refractivity contribution is 6.22. The molecule has 1 aliphatic carbocycles. The molecule has 0 atom stereocenters. The maximum Gasteiger partial charge on any atom is 0.332 e. The molecule has 30 heavy (non-hydrogen) atoms. The lowest BCUT2D eigenvalue weighted by molar-refractivity contribution is -0.123. The summed E-state index contributed by atoms with van der Waals surface area (Å²) in [5.41, 5.74) is 2.16. The number of anilines is 2. The zero-order chi connectivity index (χ0) is 21.7. The Kier molecular flexibility index (Phi) is 4.83. The number of nitrogens with zero attached hydrogens (tertiary/aromatic N) is 3. The summed E-state index contributed by atoms with van der Waals surface area (Å²) in [4.78, 5) is 33.8. The Morgan fingerprint density at radius 3 is 2.33 bits per heavy atom. The van der Waals surface area contributed by atoms with Crippen molar-refractivity contribution >= 4 is 23.4 Å². The third kappa shape index (κ3) is 3.55. The molecular weight excluding hydrogens is 376 g/mol. The highest BCUT2D eigenvalue weighted by atomic mass is 16.2. The van der Waals surface area contributed by atoms with E-state index in [9.17, 15) is 9.59 Å². The van der Waals surface area contributed by atoms with E-state index in [2.05, 4.69) is 17.2 Å². The zero-order valence-electron chi connectivity index (χ0n) is 18.4. The smallest absolute Gasteiger partial charge is 0.332 e. The summed E-state index contributed by atoms with van der Waals surface area (Å²) in [6.07, 6.45) is 4.10. The molecule has 1 aromatic heterocycles. The molecule has 1 saturated heterocycles. The normalized spacial score (nSPS) is 19.5. The van der Waals surface area contributed by atoms with E-state index >= 15 is 0 Å². The van der Waals surface area contributed by atoms with Crippen molar-refractivity contribution in [3.05, 3.63) is 53.7 Å². The Labute approximate surface area is 178 Å². The van der Waals surface area contributed by atoms with Gasteiger partial charge in [0.15, 0.2) is 0 Å². The fourth-order valence-corrected chi connectivity index (χ4v) is 3.95. The molecule has 0 bridgehead atoms. The van der Waals surface area contributed by atoms with Gasteiger partial charge in [-0.05, 0) is 81.3 Å². The SMILES string of the molecule is CC(C)Nc1cc(CN2C(=O)N(c3ccc(C4(C)CC4)cc3)C(=O)C2(C)C)ccn1. The first-order valence-corrected chi connectivity index (χ1v) is 10.6. The Morgan fingerprint density at radius 2 is 1.73 bits per heavy atom. The minimum atomic E-state index is -0.923. The van der Waals surface area contributed by atoms with Crippen molar-refractivity contribution in [2.24, 2.45) is 0 Å². The van der Waals surface area contributed by atoms with Gasteiger partial charge in [0.05, 0.1) is 5.69 Å². The van der Waals surface area contributed by atoms with Crippen molar-refractivity contribution in [3.63, 3.8) is 0 Å². The van der Waals surface area contributed by atoms with Gasteiger partial charge in [-0.1, -0.05) is 19.1 Å². The quantitative estimate of drug-likeness (QED) is 0.706. The molecule has 1 aliphatic heterocycles. The van der Waals surface area contributed by atoms with Gasteiger partial charge < -0.3 is 10.2 Å². The number of hydrogen-bond donors (Lipinski definition) is 1.